The summed E-state index contributed by atoms with van der Waals surface area (Å²) in [5, 5.41) is 10.1. The summed E-state index contributed by atoms with van der Waals surface area (Å²) in [7, 11) is 0. The molecule has 4 rings (SSSR count). The molecule has 2 aromatic rings. The monoisotopic (exact) mass is 468 g/mol. The Bertz CT molecular complexity index is 1020. The molecule has 0 spiro atoms. The standard InChI is InChI=1S/C23H28N6O3S/c30-20(16-19-22(32)27-23(33-19)28-11-2-1-3-12-28)26-18-8-4-7-17(15-18)21(31)24-9-5-13-29-14-6-10-25-29/h4,6-8,10,14-15,19H,1-3,5,9,11-13,16H2,(H,24,31)(H,26,30). The van der Waals surface area contributed by atoms with E-state index in [1.165, 1.54) is 18.2 Å². The Morgan fingerprint density at radius 3 is 2.79 bits per heavy atom. The summed E-state index contributed by atoms with van der Waals surface area (Å²) in [5.41, 5.74) is 0.991. The molecule has 9 nitrogen and oxygen atoms in total. The minimum absolute atomic E-state index is 0.0498. The number of aryl methyl sites for hydroxylation is 1. The molecule has 1 fully saturated rings. The van der Waals surface area contributed by atoms with Crippen LogP contribution in [0.15, 0.2) is 47.7 Å². The Morgan fingerprint density at radius 2 is 2.00 bits per heavy atom. The van der Waals surface area contributed by atoms with Crippen molar-refractivity contribution in [1.29, 1.82) is 0 Å². The molecule has 2 aliphatic rings. The highest BCUT2D eigenvalue weighted by Gasteiger charge is 2.33. The molecule has 1 aromatic carbocycles. The fourth-order valence-corrected chi connectivity index (χ4v) is 4.94. The highest BCUT2D eigenvalue weighted by molar-refractivity contribution is 8.15. The number of benzene rings is 1. The molecular weight excluding hydrogens is 440 g/mol. The van der Waals surface area contributed by atoms with Gasteiger partial charge in [-0.2, -0.15) is 10.1 Å². The molecule has 0 aliphatic carbocycles. The van der Waals surface area contributed by atoms with Crippen molar-refractivity contribution < 1.29 is 14.4 Å². The minimum atomic E-state index is -0.497. The molecule has 0 bridgehead atoms. The van der Waals surface area contributed by atoms with Crippen LogP contribution >= 0.6 is 11.8 Å². The van der Waals surface area contributed by atoms with E-state index in [0.717, 1.165) is 44.1 Å². The van der Waals surface area contributed by atoms with Gasteiger partial charge in [0.1, 0.15) is 5.25 Å². The fraction of sp³-hybridized carbons (Fsp3) is 0.435. The zero-order valence-corrected chi connectivity index (χ0v) is 19.2. The molecule has 0 radical (unpaired) electrons. The van der Waals surface area contributed by atoms with Crippen molar-refractivity contribution in [3.63, 3.8) is 0 Å². The Morgan fingerprint density at radius 1 is 1.15 bits per heavy atom. The molecule has 33 heavy (non-hydrogen) atoms. The lowest BCUT2D eigenvalue weighted by Gasteiger charge is -2.27. The maximum Gasteiger partial charge on any atom is 0.262 e. The lowest BCUT2D eigenvalue weighted by Crippen LogP contribution is -2.33. The number of hydrogen-bond donors (Lipinski definition) is 2. The van der Waals surface area contributed by atoms with Crippen molar-refractivity contribution >= 4 is 40.3 Å². The van der Waals surface area contributed by atoms with Gasteiger partial charge in [0.05, 0.1) is 0 Å². The summed E-state index contributed by atoms with van der Waals surface area (Å²) >= 11 is 1.38. The van der Waals surface area contributed by atoms with E-state index in [-0.39, 0.29) is 24.1 Å². The van der Waals surface area contributed by atoms with Gasteiger partial charge >= 0.3 is 0 Å². The topological polar surface area (TPSA) is 109 Å². The number of carbonyl (C=O) groups is 3. The summed E-state index contributed by atoms with van der Waals surface area (Å²) in [6, 6.07) is 8.65. The van der Waals surface area contributed by atoms with Crippen LogP contribution in [0, 0.1) is 0 Å². The third-order valence-electron chi connectivity index (χ3n) is 5.54. The smallest absolute Gasteiger partial charge is 0.262 e. The van der Waals surface area contributed by atoms with E-state index in [1.807, 2.05) is 16.9 Å². The van der Waals surface area contributed by atoms with Crippen LogP contribution in [0.2, 0.25) is 0 Å². The van der Waals surface area contributed by atoms with Crippen LogP contribution in [0.5, 0.6) is 0 Å². The molecule has 0 saturated carbocycles. The number of rotatable bonds is 8. The molecular formula is C23H28N6O3S. The van der Waals surface area contributed by atoms with Crippen molar-refractivity contribution in [2.45, 2.75) is 43.9 Å². The maximum atomic E-state index is 12.6. The Kier molecular flexibility index (Phi) is 7.77. The summed E-state index contributed by atoms with van der Waals surface area (Å²) in [4.78, 5) is 43.6. The number of nitrogens with zero attached hydrogens (tertiary/aromatic N) is 4. The average molecular weight is 469 g/mol. The number of piperidine rings is 1. The van der Waals surface area contributed by atoms with Gasteiger partial charge in [0.15, 0.2) is 5.17 Å². The second-order valence-corrected chi connectivity index (χ2v) is 9.27. The third-order valence-corrected chi connectivity index (χ3v) is 6.76. The van der Waals surface area contributed by atoms with Gasteiger partial charge in [-0.1, -0.05) is 17.8 Å². The zero-order chi connectivity index (χ0) is 23.0. The lowest BCUT2D eigenvalue weighted by atomic mass is 10.1. The van der Waals surface area contributed by atoms with Crippen LogP contribution in [-0.4, -0.2) is 62.5 Å². The van der Waals surface area contributed by atoms with Gasteiger partial charge in [0, 0.05) is 56.2 Å². The van der Waals surface area contributed by atoms with Crippen LogP contribution in [0.1, 0.15) is 42.5 Å². The van der Waals surface area contributed by atoms with E-state index in [4.69, 9.17) is 0 Å². The van der Waals surface area contributed by atoms with Gasteiger partial charge in [0.25, 0.3) is 11.8 Å². The number of amides is 3. The first-order valence-electron chi connectivity index (χ1n) is 11.3. The zero-order valence-electron chi connectivity index (χ0n) is 18.4. The number of likely N-dealkylation sites (tertiary alicyclic amines) is 1. The number of aliphatic imine (C=N–C) groups is 1. The third kappa shape index (κ3) is 6.44. The highest BCUT2D eigenvalue weighted by Crippen LogP contribution is 2.29. The highest BCUT2D eigenvalue weighted by atomic mass is 32.2. The van der Waals surface area contributed by atoms with Gasteiger partial charge in [-0.15, -0.1) is 0 Å². The summed E-state index contributed by atoms with van der Waals surface area (Å²) in [6.45, 7) is 3.08. The van der Waals surface area contributed by atoms with Gasteiger partial charge in [-0.25, -0.2) is 0 Å². The van der Waals surface area contributed by atoms with E-state index in [1.54, 1.807) is 30.5 Å². The largest absolute Gasteiger partial charge is 0.352 e. The van der Waals surface area contributed by atoms with Crippen molar-refractivity contribution in [3.05, 3.63) is 48.3 Å². The van der Waals surface area contributed by atoms with Crippen LogP contribution in [0.4, 0.5) is 5.69 Å². The molecule has 1 unspecified atom stereocenters. The number of carbonyl (C=O) groups excluding carboxylic acids is 3. The molecule has 1 saturated heterocycles. The summed E-state index contributed by atoms with van der Waals surface area (Å²) in [6.07, 6.45) is 7.83. The molecule has 2 N–H and O–H groups in total. The van der Waals surface area contributed by atoms with Crippen LogP contribution in [0.3, 0.4) is 0 Å². The quantitative estimate of drug-likeness (QED) is 0.577. The molecule has 1 atom stereocenters. The Balaban J connectivity index is 1.23. The predicted molar refractivity (Wildman–Crippen MR) is 128 cm³/mol. The van der Waals surface area contributed by atoms with Gasteiger partial charge in [-0.05, 0) is 49.9 Å². The average Bonchev–Trinajstić information content (AvgIpc) is 3.47. The molecule has 1 aromatic heterocycles. The number of amidine groups is 1. The predicted octanol–water partition coefficient (Wildman–Crippen LogP) is 2.52. The van der Waals surface area contributed by atoms with Crippen LogP contribution in [0.25, 0.3) is 0 Å². The first-order chi connectivity index (χ1) is 16.1. The molecule has 2 aliphatic heterocycles. The second kappa shape index (κ2) is 11.1. The van der Waals surface area contributed by atoms with Crippen LogP contribution < -0.4 is 10.6 Å². The number of anilines is 1. The summed E-state index contributed by atoms with van der Waals surface area (Å²) in [5.74, 6) is -0.723. The summed E-state index contributed by atoms with van der Waals surface area (Å²) < 4.78 is 1.82. The molecule has 10 heteroatoms. The van der Waals surface area contributed by atoms with E-state index in [0.29, 0.717) is 17.8 Å². The second-order valence-electron chi connectivity index (χ2n) is 8.10. The fourth-order valence-electron chi connectivity index (χ4n) is 3.83. The molecule has 174 valence electrons. The van der Waals surface area contributed by atoms with Crippen molar-refractivity contribution in [2.24, 2.45) is 4.99 Å². The van der Waals surface area contributed by atoms with Crippen molar-refractivity contribution in [2.75, 3.05) is 25.0 Å². The van der Waals surface area contributed by atoms with E-state index in [9.17, 15) is 14.4 Å². The number of thioether (sulfide) groups is 1. The first kappa shape index (κ1) is 23.0. The van der Waals surface area contributed by atoms with E-state index in [2.05, 4.69) is 25.6 Å². The maximum absolute atomic E-state index is 12.6. The molecule has 3 heterocycles. The molecule has 3 amide bonds. The van der Waals surface area contributed by atoms with E-state index < -0.39 is 5.25 Å². The van der Waals surface area contributed by atoms with Gasteiger partial charge in [0.2, 0.25) is 5.91 Å². The van der Waals surface area contributed by atoms with Gasteiger partial charge < -0.3 is 15.5 Å². The SMILES string of the molecule is O=C(CC1SC(N2CCCCC2)=NC1=O)Nc1cccc(C(=O)NCCCn2cccn2)c1. The van der Waals surface area contributed by atoms with Crippen molar-refractivity contribution in [3.8, 4) is 0 Å². The lowest BCUT2D eigenvalue weighted by molar-refractivity contribution is -0.121. The Hall–Kier alpha value is -3.14. The van der Waals surface area contributed by atoms with Crippen LogP contribution in [-0.2, 0) is 16.1 Å². The number of nitrogens with one attached hydrogen (secondary N) is 2. The first-order valence-corrected chi connectivity index (χ1v) is 12.2. The normalized spacial score (nSPS) is 18.2. The number of aromatic nitrogens is 2. The van der Waals surface area contributed by atoms with E-state index >= 15 is 0 Å². The minimum Gasteiger partial charge on any atom is -0.352 e. The number of hydrogen-bond acceptors (Lipinski definition) is 6. The van der Waals surface area contributed by atoms with Crippen molar-refractivity contribution in [1.82, 2.24) is 20.0 Å². The Labute approximate surface area is 197 Å². The van der Waals surface area contributed by atoms with Gasteiger partial charge in [-0.3, -0.25) is 19.1 Å².